The minimum absolute atomic E-state index is 0.0790. The number of aliphatic hydroxyl groups excluding tert-OH is 2. The molecule has 0 amide bonds. The number of carboxylic acid groups (broad SMARTS) is 1. The molecule has 0 bridgehead atoms. The van der Waals surface area contributed by atoms with Gasteiger partial charge in [0.25, 0.3) is 0 Å². The summed E-state index contributed by atoms with van der Waals surface area (Å²) < 4.78 is 19.2. The highest BCUT2D eigenvalue weighted by Gasteiger charge is 2.67. The van der Waals surface area contributed by atoms with Gasteiger partial charge in [0, 0.05) is 29.6 Å². The molecule has 0 aromatic rings. The number of hydrogen-bond acceptors (Lipinski definition) is 9. The zero-order valence-electron chi connectivity index (χ0n) is 29.4. The highest BCUT2D eigenvalue weighted by Crippen LogP contribution is 2.56. The standard InChI is InChI=1S/C35H62O10/c1-12-25(30-19(5)16-32(11,43-30)35(42)21(7)17-33(14-3,45-35)26(36)13-2)28(38)22(8)27(37)23(9)29-18(4)15-20(6)34(41,44-29)24(10)31(39)40/h18-27,29-30,36-37,41-42H,12-17H2,1-11H3,(H,39,40). The summed E-state index contributed by atoms with van der Waals surface area (Å²) in [7, 11) is 0. The molecule has 0 aliphatic carbocycles. The molecule has 0 aromatic carbocycles. The van der Waals surface area contributed by atoms with Crippen molar-refractivity contribution in [1.82, 2.24) is 0 Å². The number of carboxylic acids is 1. The van der Waals surface area contributed by atoms with Crippen LogP contribution >= 0.6 is 0 Å². The summed E-state index contributed by atoms with van der Waals surface area (Å²) in [6.45, 7) is 20.2. The third kappa shape index (κ3) is 6.51. The summed E-state index contributed by atoms with van der Waals surface area (Å²) in [6, 6.07) is 0. The lowest BCUT2D eigenvalue weighted by atomic mass is 9.72. The van der Waals surface area contributed by atoms with Crippen molar-refractivity contribution in [1.29, 1.82) is 0 Å². The van der Waals surface area contributed by atoms with E-state index >= 15 is 0 Å². The van der Waals surface area contributed by atoms with E-state index in [1.165, 1.54) is 6.92 Å². The Morgan fingerprint density at radius 3 is 1.98 bits per heavy atom. The molecule has 3 rings (SSSR count). The first-order chi connectivity index (χ1) is 20.7. The lowest BCUT2D eigenvalue weighted by molar-refractivity contribution is -0.332. The van der Waals surface area contributed by atoms with E-state index in [0.717, 1.165) is 0 Å². The van der Waals surface area contributed by atoms with Crippen LogP contribution in [0.1, 0.15) is 115 Å². The summed E-state index contributed by atoms with van der Waals surface area (Å²) in [4.78, 5) is 25.9. The molecule has 45 heavy (non-hydrogen) atoms. The third-order valence-electron chi connectivity index (χ3n) is 12.2. The smallest absolute Gasteiger partial charge is 0.311 e. The van der Waals surface area contributed by atoms with E-state index in [1.807, 2.05) is 48.5 Å². The average molecular weight is 643 g/mol. The number of aliphatic hydroxyl groups is 4. The molecule has 3 saturated heterocycles. The first kappa shape index (κ1) is 38.3. The molecule has 16 atom stereocenters. The maximum Gasteiger partial charge on any atom is 0.311 e. The number of carbonyl (C=O) groups excluding carboxylic acids is 1. The third-order valence-corrected chi connectivity index (χ3v) is 12.2. The van der Waals surface area contributed by atoms with E-state index in [2.05, 4.69) is 0 Å². The number of hydrogen-bond donors (Lipinski definition) is 5. The second kappa shape index (κ2) is 13.8. The molecule has 0 radical (unpaired) electrons. The van der Waals surface area contributed by atoms with E-state index in [0.29, 0.717) is 38.5 Å². The lowest BCUT2D eigenvalue weighted by Gasteiger charge is -2.49. The van der Waals surface area contributed by atoms with Crippen LogP contribution in [-0.4, -0.2) is 84.5 Å². The van der Waals surface area contributed by atoms with Crippen LogP contribution in [0.4, 0.5) is 0 Å². The first-order valence-corrected chi connectivity index (χ1v) is 17.3. The van der Waals surface area contributed by atoms with Gasteiger partial charge in [0.05, 0.1) is 30.0 Å². The van der Waals surface area contributed by atoms with E-state index in [4.69, 9.17) is 14.2 Å². The molecule has 3 heterocycles. The number of ketones is 1. The van der Waals surface area contributed by atoms with Crippen molar-refractivity contribution in [2.24, 2.45) is 47.3 Å². The number of aliphatic carboxylic acids is 1. The summed E-state index contributed by atoms with van der Waals surface area (Å²) >= 11 is 0. The van der Waals surface area contributed by atoms with Gasteiger partial charge >= 0.3 is 5.97 Å². The van der Waals surface area contributed by atoms with Crippen molar-refractivity contribution < 1.29 is 49.3 Å². The van der Waals surface area contributed by atoms with Crippen molar-refractivity contribution in [2.75, 3.05) is 0 Å². The zero-order valence-corrected chi connectivity index (χ0v) is 29.4. The number of Topliss-reactive ketones (excluding diaryl/α,β-unsaturated/α-hetero) is 1. The first-order valence-electron chi connectivity index (χ1n) is 17.3. The Bertz CT molecular complexity index is 1050. The van der Waals surface area contributed by atoms with Crippen LogP contribution in [0, 0.1) is 47.3 Å². The Labute approximate surface area is 270 Å². The average Bonchev–Trinajstić information content (AvgIpc) is 3.46. The quantitative estimate of drug-likeness (QED) is 0.193. The Balaban J connectivity index is 1.80. The van der Waals surface area contributed by atoms with Gasteiger partial charge in [0.15, 0.2) is 11.6 Å². The molecule has 3 fully saturated rings. The second-order valence-electron chi connectivity index (χ2n) is 15.3. The fraction of sp³-hybridized carbons (Fsp3) is 0.943. The minimum atomic E-state index is -1.89. The van der Waals surface area contributed by atoms with Crippen LogP contribution in [0.5, 0.6) is 0 Å². The number of carbonyl (C=O) groups is 2. The van der Waals surface area contributed by atoms with Crippen LogP contribution < -0.4 is 0 Å². The molecule has 10 nitrogen and oxygen atoms in total. The Hall–Kier alpha value is -1.14. The van der Waals surface area contributed by atoms with Gasteiger partial charge in [-0.25, -0.2) is 0 Å². The van der Waals surface area contributed by atoms with Crippen molar-refractivity contribution in [2.45, 2.75) is 162 Å². The van der Waals surface area contributed by atoms with Crippen molar-refractivity contribution in [3.63, 3.8) is 0 Å². The number of ether oxygens (including phenoxy) is 3. The predicted molar refractivity (Wildman–Crippen MR) is 169 cm³/mol. The molecule has 3 aliphatic heterocycles. The fourth-order valence-electron chi connectivity index (χ4n) is 9.06. The molecule has 0 saturated carbocycles. The molecule has 5 N–H and O–H groups in total. The van der Waals surface area contributed by atoms with E-state index in [1.54, 1.807) is 20.8 Å². The normalized spacial score (nSPS) is 44.6. The van der Waals surface area contributed by atoms with Crippen LogP contribution in [0.3, 0.4) is 0 Å². The summed E-state index contributed by atoms with van der Waals surface area (Å²) in [5, 5.41) is 55.4. The summed E-state index contributed by atoms with van der Waals surface area (Å²) in [5.41, 5.74) is -1.99. The van der Waals surface area contributed by atoms with Crippen LogP contribution in [0.25, 0.3) is 0 Å². The summed E-state index contributed by atoms with van der Waals surface area (Å²) in [5.74, 6) is -8.84. The molecule has 16 unspecified atom stereocenters. The molecule has 10 heteroatoms. The van der Waals surface area contributed by atoms with Crippen molar-refractivity contribution >= 4 is 11.8 Å². The lowest BCUT2D eigenvalue weighted by Crippen LogP contribution is -2.58. The van der Waals surface area contributed by atoms with Crippen LogP contribution in [-0.2, 0) is 23.8 Å². The van der Waals surface area contributed by atoms with E-state index < -0.39 is 82.8 Å². The molecule has 3 aliphatic rings. The maximum atomic E-state index is 14.1. The van der Waals surface area contributed by atoms with Gasteiger partial charge in [-0.15, -0.1) is 0 Å². The van der Waals surface area contributed by atoms with Gasteiger partial charge in [-0.05, 0) is 64.2 Å². The van der Waals surface area contributed by atoms with Gasteiger partial charge < -0.3 is 39.7 Å². The van der Waals surface area contributed by atoms with Gasteiger partial charge in [-0.2, -0.15) is 0 Å². The molecule has 0 aromatic heterocycles. The second-order valence-corrected chi connectivity index (χ2v) is 15.3. The maximum absolute atomic E-state index is 14.1. The molecular weight excluding hydrogens is 580 g/mol. The van der Waals surface area contributed by atoms with Crippen LogP contribution in [0.2, 0.25) is 0 Å². The predicted octanol–water partition coefficient (Wildman–Crippen LogP) is 4.53. The summed E-state index contributed by atoms with van der Waals surface area (Å²) in [6.07, 6.45) is -0.0253. The van der Waals surface area contributed by atoms with Gasteiger partial charge in [-0.3, -0.25) is 9.59 Å². The van der Waals surface area contributed by atoms with Gasteiger partial charge in [0.1, 0.15) is 17.3 Å². The number of rotatable bonds is 13. The highest BCUT2D eigenvalue weighted by molar-refractivity contribution is 5.84. The highest BCUT2D eigenvalue weighted by atomic mass is 16.7. The fourth-order valence-corrected chi connectivity index (χ4v) is 9.06. The Morgan fingerprint density at radius 2 is 1.47 bits per heavy atom. The molecular formula is C35H62O10. The van der Waals surface area contributed by atoms with Gasteiger partial charge in [0.2, 0.25) is 0 Å². The monoisotopic (exact) mass is 642 g/mol. The molecule has 262 valence electrons. The van der Waals surface area contributed by atoms with Crippen LogP contribution in [0.15, 0.2) is 0 Å². The van der Waals surface area contributed by atoms with Gasteiger partial charge in [-0.1, -0.05) is 62.3 Å². The topological polar surface area (TPSA) is 163 Å². The Morgan fingerprint density at radius 1 is 0.867 bits per heavy atom. The minimum Gasteiger partial charge on any atom is -0.481 e. The largest absolute Gasteiger partial charge is 0.481 e. The van der Waals surface area contributed by atoms with E-state index in [9.17, 15) is 35.1 Å². The zero-order chi connectivity index (χ0) is 34.4. The molecule has 0 spiro atoms. The van der Waals surface area contributed by atoms with Crippen molar-refractivity contribution in [3.8, 4) is 0 Å². The Kier molecular flexibility index (Phi) is 11.7. The van der Waals surface area contributed by atoms with E-state index in [-0.39, 0.29) is 23.5 Å². The van der Waals surface area contributed by atoms with Crippen molar-refractivity contribution in [3.05, 3.63) is 0 Å². The SMILES string of the molecule is CCC(C(=O)C(C)C(O)C(C)C1OC(O)(C(C)C(=O)O)C(C)CC1C)C1OC(C)(C2(O)OC(CC)(C(O)CC)CC2C)CC1C.